The van der Waals surface area contributed by atoms with Gasteiger partial charge < -0.3 is 14.8 Å². The normalized spacial score (nSPS) is 16.4. The number of hydrogen-bond acceptors (Lipinski definition) is 3. The molecule has 6 nitrogen and oxygen atoms in total. The van der Waals surface area contributed by atoms with Crippen molar-refractivity contribution in [2.75, 3.05) is 18.4 Å². The third kappa shape index (κ3) is 3.11. The average molecular weight is 352 g/mol. The first-order valence-electron chi connectivity index (χ1n) is 9.40. The van der Waals surface area contributed by atoms with E-state index in [1.807, 2.05) is 40.7 Å². The van der Waals surface area contributed by atoms with Gasteiger partial charge in [-0.3, -0.25) is 9.59 Å². The van der Waals surface area contributed by atoms with E-state index in [-0.39, 0.29) is 11.8 Å². The van der Waals surface area contributed by atoms with Crippen LogP contribution in [0.4, 0.5) is 5.69 Å². The number of carbonyl (C=O) groups is 2. The van der Waals surface area contributed by atoms with Crippen molar-refractivity contribution in [2.45, 2.75) is 45.6 Å². The predicted octanol–water partition coefficient (Wildman–Crippen LogP) is 3.02. The SMILES string of the molecule is Cc1cccc(NC(=O)c2nc(C(=O)N3CCCC3)n3c2CCCC3)c1. The van der Waals surface area contributed by atoms with Crippen molar-refractivity contribution in [1.29, 1.82) is 0 Å². The van der Waals surface area contributed by atoms with Gasteiger partial charge in [-0.1, -0.05) is 12.1 Å². The standard InChI is InChI=1S/C20H24N4O2/c1-14-7-6-8-15(13-14)21-19(25)17-16-9-2-3-12-24(16)18(22-17)20(26)23-10-4-5-11-23/h6-8,13H,2-5,9-12H2,1H3,(H,21,25). The molecule has 6 heteroatoms. The first kappa shape index (κ1) is 16.8. The monoisotopic (exact) mass is 352 g/mol. The zero-order valence-corrected chi connectivity index (χ0v) is 15.1. The zero-order chi connectivity index (χ0) is 18.1. The summed E-state index contributed by atoms with van der Waals surface area (Å²) in [6.07, 6.45) is 4.91. The molecule has 0 radical (unpaired) electrons. The van der Waals surface area contributed by atoms with E-state index >= 15 is 0 Å². The molecule has 3 heterocycles. The number of hydrogen-bond donors (Lipinski definition) is 1. The summed E-state index contributed by atoms with van der Waals surface area (Å²) in [5, 5.41) is 2.93. The number of nitrogens with one attached hydrogen (secondary N) is 1. The lowest BCUT2D eigenvalue weighted by Gasteiger charge is -2.19. The van der Waals surface area contributed by atoms with Gasteiger partial charge in [-0.05, 0) is 56.7 Å². The van der Waals surface area contributed by atoms with E-state index in [4.69, 9.17) is 0 Å². The molecule has 0 saturated carbocycles. The highest BCUT2D eigenvalue weighted by molar-refractivity contribution is 6.05. The van der Waals surface area contributed by atoms with E-state index in [1.165, 1.54) is 0 Å². The van der Waals surface area contributed by atoms with E-state index in [9.17, 15) is 9.59 Å². The fourth-order valence-electron chi connectivity index (χ4n) is 3.86. The van der Waals surface area contributed by atoms with Crippen molar-refractivity contribution >= 4 is 17.5 Å². The van der Waals surface area contributed by atoms with Crippen LogP contribution in [0.2, 0.25) is 0 Å². The first-order valence-corrected chi connectivity index (χ1v) is 9.40. The molecule has 0 unspecified atom stereocenters. The number of anilines is 1. The Kier molecular flexibility index (Phi) is 4.49. The van der Waals surface area contributed by atoms with Gasteiger partial charge >= 0.3 is 0 Å². The summed E-state index contributed by atoms with van der Waals surface area (Å²) in [5.41, 5.74) is 3.12. The number of aryl methyl sites for hydroxylation is 1. The lowest BCUT2D eigenvalue weighted by atomic mass is 10.1. The van der Waals surface area contributed by atoms with Crippen LogP contribution in [-0.4, -0.2) is 39.4 Å². The Balaban J connectivity index is 1.65. The summed E-state index contributed by atoms with van der Waals surface area (Å²) in [5.74, 6) is 0.151. The van der Waals surface area contributed by atoms with Gasteiger partial charge in [-0.2, -0.15) is 0 Å². The Morgan fingerprint density at radius 1 is 1.08 bits per heavy atom. The molecule has 2 aliphatic heterocycles. The molecule has 2 aliphatic rings. The Morgan fingerprint density at radius 3 is 2.62 bits per heavy atom. The van der Waals surface area contributed by atoms with Crippen molar-refractivity contribution in [1.82, 2.24) is 14.5 Å². The highest BCUT2D eigenvalue weighted by Crippen LogP contribution is 2.24. The summed E-state index contributed by atoms with van der Waals surface area (Å²) in [7, 11) is 0. The number of aromatic nitrogens is 2. The largest absolute Gasteiger partial charge is 0.336 e. The van der Waals surface area contributed by atoms with E-state index in [1.54, 1.807) is 0 Å². The van der Waals surface area contributed by atoms with Crippen molar-refractivity contribution in [3.8, 4) is 0 Å². The van der Waals surface area contributed by atoms with Gasteiger partial charge in [0, 0.05) is 25.3 Å². The molecule has 26 heavy (non-hydrogen) atoms. The van der Waals surface area contributed by atoms with E-state index in [0.717, 1.165) is 68.7 Å². The zero-order valence-electron chi connectivity index (χ0n) is 15.1. The summed E-state index contributed by atoms with van der Waals surface area (Å²) in [4.78, 5) is 32.1. The molecular weight excluding hydrogens is 328 g/mol. The average Bonchev–Trinajstić information content (AvgIpc) is 3.29. The number of rotatable bonds is 3. The minimum Gasteiger partial charge on any atom is -0.336 e. The summed E-state index contributed by atoms with van der Waals surface area (Å²) in [6.45, 7) is 4.31. The smallest absolute Gasteiger partial charge is 0.289 e. The fourth-order valence-corrected chi connectivity index (χ4v) is 3.86. The van der Waals surface area contributed by atoms with Crippen LogP contribution in [0.3, 0.4) is 0 Å². The van der Waals surface area contributed by atoms with Crippen LogP contribution >= 0.6 is 0 Å². The Morgan fingerprint density at radius 2 is 1.85 bits per heavy atom. The minimum absolute atomic E-state index is 0.0414. The second-order valence-corrected chi connectivity index (χ2v) is 7.16. The molecule has 1 N–H and O–H groups in total. The fraction of sp³-hybridized carbons (Fsp3) is 0.450. The Labute approximate surface area is 153 Å². The Hall–Kier alpha value is -2.63. The maximum atomic E-state index is 12.9. The molecule has 1 aromatic carbocycles. The number of imidazole rings is 1. The van der Waals surface area contributed by atoms with E-state index in [0.29, 0.717) is 11.5 Å². The second-order valence-electron chi connectivity index (χ2n) is 7.16. The van der Waals surface area contributed by atoms with Gasteiger partial charge in [-0.15, -0.1) is 0 Å². The molecule has 4 rings (SSSR count). The van der Waals surface area contributed by atoms with Gasteiger partial charge in [-0.25, -0.2) is 4.98 Å². The van der Waals surface area contributed by atoms with Gasteiger partial charge in [0.1, 0.15) is 0 Å². The topological polar surface area (TPSA) is 67.2 Å². The number of carbonyl (C=O) groups excluding carboxylic acids is 2. The Bertz CT molecular complexity index is 849. The van der Waals surface area contributed by atoms with Gasteiger partial charge in [0.25, 0.3) is 11.8 Å². The third-order valence-corrected chi connectivity index (χ3v) is 5.19. The van der Waals surface area contributed by atoms with Gasteiger partial charge in [0.2, 0.25) is 0 Å². The number of amides is 2. The van der Waals surface area contributed by atoms with Crippen molar-refractivity contribution in [2.24, 2.45) is 0 Å². The third-order valence-electron chi connectivity index (χ3n) is 5.19. The quantitative estimate of drug-likeness (QED) is 0.923. The highest BCUT2D eigenvalue weighted by atomic mass is 16.2. The minimum atomic E-state index is -0.235. The number of benzene rings is 1. The van der Waals surface area contributed by atoms with Crippen LogP contribution < -0.4 is 5.32 Å². The summed E-state index contributed by atoms with van der Waals surface area (Å²) >= 11 is 0. The number of likely N-dealkylation sites (tertiary alicyclic amines) is 1. The maximum absolute atomic E-state index is 12.9. The summed E-state index contributed by atoms with van der Waals surface area (Å²) in [6, 6.07) is 7.69. The molecule has 0 bridgehead atoms. The maximum Gasteiger partial charge on any atom is 0.289 e. The molecule has 1 aromatic heterocycles. The first-order chi connectivity index (χ1) is 12.6. The lowest BCUT2D eigenvalue weighted by molar-refractivity contribution is 0.0774. The van der Waals surface area contributed by atoms with Crippen molar-refractivity contribution in [3.63, 3.8) is 0 Å². The van der Waals surface area contributed by atoms with E-state index < -0.39 is 0 Å². The van der Waals surface area contributed by atoms with Crippen LogP contribution in [0.25, 0.3) is 0 Å². The van der Waals surface area contributed by atoms with Gasteiger partial charge in [0.15, 0.2) is 11.5 Å². The van der Waals surface area contributed by atoms with E-state index in [2.05, 4.69) is 10.3 Å². The molecule has 2 aromatic rings. The van der Waals surface area contributed by atoms with Gasteiger partial charge in [0.05, 0.1) is 5.69 Å². The number of fused-ring (bicyclic) bond motifs is 1. The molecule has 1 saturated heterocycles. The number of nitrogens with zero attached hydrogens (tertiary/aromatic N) is 3. The molecule has 0 atom stereocenters. The molecule has 1 fully saturated rings. The van der Waals surface area contributed by atoms with Crippen LogP contribution in [-0.2, 0) is 13.0 Å². The van der Waals surface area contributed by atoms with Crippen LogP contribution in [0.5, 0.6) is 0 Å². The molecule has 136 valence electrons. The molecule has 0 aliphatic carbocycles. The van der Waals surface area contributed by atoms with Crippen LogP contribution in [0.1, 0.15) is 58.0 Å². The molecule has 0 spiro atoms. The predicted molar refractivity (Wildman–Crippen MR) is 99.4 cm³/mol. The summed E-state index contributed by atoms with van der Waals surface area (Å²) < 4.78 is 1.97. The molecule has 2 amide bonds. The van der Waals surface area contributed by atoms with Crippen molar-refractivity contribution < 1.29 is 9.59 Å². The second kappa shape index (κ2) is 6.94. The van der Waals surface area contributed by atoms with Crippen LogP contribution in [0, 0.1) is 6.92 Å². The van der Waals surface area contributed by atoms with Crippen molar-refractivity contribution in [3.05, 3.63) is 47.0 Å². The highest BCUT2D eigenvalue weighted by Gasteiger charge is 2.30. The lowest BCUT2D eigenvalue weighted by Crippen LogP contribution is -2.31. The van der Waals surface area contributed by atoms with Crippen LogP contribution in [0.15, 0.2) is 24.3 Å². The molecular formula is C20H24N4O2.